The number of hydrogen-bond acceptors (Lipinski definition) is 4. The normalized spacial score (nSPS) is 16.7. The molecular weight excluding hydrogens is 350 g/mol. The molecule has 27 heavy (non-hydrogen) atoms. The number of H-pyrrole nitrogens is 1. The average Bonchev–Trinajstić information content (AvgIpc) is 2.94. The number of alkyl carbamates (subject to hydrolysis) is 1. The van der Waals surface area contributed by atoms with Crippen molar-refractivity contribution >= 4 is 28.9 Å². The third-order valence-corrected chi connectivity index (χ3v) is 4.39. The molecule has 1 aromatic carbocycles. The number of hydrogen-bond donors (Lipinski definition) is 3. The first kappa shape index (κ1) is 18.8. The molecule has 0 unspecified atom stereocenters. The Balaban J connectivity index is 1.76. The molecule has 1 aliphatic heterocycles. The number of carboxylic acids is 1. The average molecular weight is 373 g/mol. The van der Waals surface area contributed by atoms with Crippen molar-refractivity contribution in [2.45, 2.75) is 45.4 Å². The van der Waals surface area contributed by atoms with E-state index in [1.165, 1.54) is 4.90 Å². The molecule has 1 aliphatic rings. The molecule has 0 aliphatic carbocycles. The Morgan fingerprint density at radius 1 is 1.30 bits per heavy atom. The SMILES string of the molecule is CC(C)(C)OC(=O)NCC(=O)N1Cc2[nH]c3ccccc3c2C[C@H]1C(=O)O. The molecule has 0 radical (unpaired) electrons. The summed E-state index contributed by atoms with van der Waals surface area (Å²) in [6, 6.07) is 6.66. The minimum atomic E-state index is -1.07. The maximum atomic E-state index is 12.6. The fourth-order valence-electron chi connectivity index (χ4n) is 3.25. The third-order valence-electron chi connectivity index (χ3n) is 4.39. The molecule has 2 aromatic rings. The number of benzene rings is 1. The molecule has 144 valence electrons. The van der Waals surface area contributed by atoms with Crippen molar-refractivity contribution in [1.82, 2.24) is 15.2 Å². The number of nitrogens with zero attached hydrogens (tertiary/aromatic N) is 1. The first-order chi connectivity index (χ1) is 12.7. The number of carbonyl (C=O) groups is 3. The van der Waals surface area contributed by atoms with Crippen LogP contribution in [-0.4, -0.2) is 51.1 Å². The molecule has 3 rings (SSSR count). The maximum Gasteiger partial charge on any atom is 0.408 e. The molecule has 3 N–H and O–H groups in total. The Hall–Kier alpha value is -3.03. The van der Waals surface area contributed by atoms with E-state index in [4.69, 9.17) is 4.74 Å². The Kier molecular flexibility index (Phi) is 4.82. The quantitative estimate of drug-likeness (QED) is 0.762. The molecule has 0 spiro atoms. The number of carbonyl (C=O) groups excluding carboxylic acids is 2. The van der Waals surface area contributed by atoms with Crippen LogP contribution in [0.25, 0.3) is 10.9 Å². The molecule has 8 heteroatoms. The topological polar surface area (TPSA) is 112 Å². The van der Waals surface area contributed by atoms with Crippen LogP contribution in [0.5, 0.6) is 0 Å². The zero-order chi connectivity index (χ0) is 19.8. The van der Waals surface area contributed by atoms with Gasteiger partial charge in [-0.1, -0.05) is 18.2 Å². The number of carboxylic acid groups (broad SMARTS) is 1. The fraction of sp³-hybridized carbons (Fsp3) is 0.421. The van der Waals surface area contributed by atoms with E-state index < -0.39 is 29.6 Å². The van der Waals surface area contributed by atoms with Crippen LogP contribution >= 0.6 is 0 Å². The van der Waals surface area contributed by atoms with Gasteiger partial charge in [0, 0.05) is 23.0 Å². The van der Waals surface area contributed by atoms with Crippen molar-refractivity contribution in [3.05, 3.63) is 35.5 Å². The summed E-state index contributed by atoms with van der Waals surface area (Å²) < 4.78 is 5.10. The van der Waals surface area contributed by atoms with E-state index in [-0.39, 0.29) is 19.5 Å². The van der Waals surface area contributed by atoms with E-state index in [1.807, 2.05) is 24.3 Å². The zero-order valence-electron chi connectivity index (χ0n) is 15.5. The number of amides is 2. The lowest BCUT2D eigenvalue weighted by molar-refractivity contribution is -0.151. The van der Waals surface area contributed by atoms with Crippen LogP contribution in [0, 0.1) is 0 Å². The predicted octanol–water partition coefficient (Wildman–Crippen LogP) is 2.03. The van der Waals surface area contributed by atoms with Crippen molar-refractivity contribution in [3.63, 3.8) is 0 Å². The van der Waals surface area contributed by atoms with Crippen LogP contribution in [0.4, 0.5) is 4.79 Å². The highest BCUT2D eigenvalue weighted by molar-refractivity contribution is 5.90. The van der Waals surface area contributed by atoms with Gasteiger partial charge in [-0.15, -0.1) is 0 Å². The van der Waals surface area contributed by atoms with Crippen molar-refractivity contribution in [3.8, 4) is 0 Å². The van der Waals surface area contributed by atoms with Gasteiger partial charge in [0.05, 0.1) is 6.54 Å². The lowest BCUT2D eigenvalue weighted by Gasteiger charge is -2.33. The Morgan fingerprint density at radius 2 is 2.00 bits per heavy atom. The number of nitrogens with one attached hydrogen (secondary N) is 2. The van der Waals surface area contributed by atoms with Crippen LogP contribution in [0.3, 0.4) is 0 Å². The highest BCUT2D eigenvalue weighted by Crippen LogP contribution is 2.30. The van der Waals surface area contributed by atoms with E-state index in [0.29, 0.717) is 0 Å². The summed E-state index contributed by atoms with van der Waals surface area (Å²) in [5, 5.41) is 13.0. The molecule has 1 aromatic heterocycles. The number of para-hydroxylation sites is 1. The van der Waals surface area contributed by atoms with Gasteiger partial charge in [0.2, 0.25) is 5.91 Å². The number of fused-ring (bicyclic) bond motifs is 3. The van der Waals surface area contributed by atoms with Crippen LogP contribution in [0.1, 0.15) is 32.0 Å². The first-order valence-corrected chi connectivity index (χ1v) is 8.73. The number of rotatable bonds is 3. The molecule has 0 saturated carbocycles. The number of aromatic amines is 1. The second-order valence-electron chi connectivity index (χ2n) is 7.56. The first-order valence-electron chi connectivity index (χ1n) is 8.73. The molecule has 0 fully saturated rings. The van der Waals surface area contributed by atoms with Crippen molar-refractivity contribution in [2.75, 3.05) is 6.54 Å². The molecule has 2 amide bonds. The predicted molar refractivity (Wildman–Crippen MR) is 98.2 cm³/mol. The monoisotopic (exact) mass is 373 g/mol. The second kappa shape index (κ2) is 6.94. The summed E-state index contributed by atoms with van der Waals surface area (Å²) >= 11 is 0. The fourth-order valence-corrected chi connectivity index (χ4v) is 3.25. The Morgan fingerprint density at radius 3 is 2.67 bits per heavy atom. The van der Waals surface area contributed by atoms with Gasteiger partial charge < -0.3 is 25.0 Å². The highest BCUT2D eigenvalue weighted by Gasteiger charge is 2.36. The van der Waals surface area contributed by atoms with E-state index in [2.05, 4.69) is 10.3 Å². The lowest BCUT2D eigenvalue weighted by Crippen LogP contribution is -2.51. The second-order valence-corrected chi connectivity index (χ2v) is 7.56. The van der Waals surface area contributed by atoms with Crippen LogP contribution < -0.4 is 5.32 Å². The van der Waals surface area contributed by atoms with Gasteiger partial charge in [-0.25, -0.2) is 9.59 Å². The standard InChI is InChI=1S/C19H23N3O5/c1-19(2,3)27-18(26)20-9-16(23)22-10-14-12(8-15(22)17(24)25)11-6-4-5-7-13(11)21-14/h4-7,15,21H,8-10H2,1-3H3,(H,20,26)(H,24,25)/t15-/m0/s1. The molecule has 0 bridgehead atoms. The van der Waals surface area contributed by atoms with Crippen molar-refractivity contribution < 1.29 is 24.2 Å². The van der Waals surface area contributed by atoms with Gasteiger partial charge in [0.25, 0.3) is 0 Å². The minimum absolute atomic E-state index is 0.149. The van der Waals surface area contributed by atoms with Gasteiger partial charge in [-0.05, 0) is 32.4 Å². The van der Waals surface area contributed by atoms with Gasteiger partial charge in [0.15, 0.2) is 0 Å². The van der Waals surface area contributed by atoms with E-state index in [1.54, 1.807) is 20.8 Å². The molecular formula is C19H23N3O5. The highest BCUT2D eigenvalue weighted by atomic mass is 16.6. The number of ether oxygens (including phenoxy) is 1. The van der Waals surface area contributed by atoms with Crippen LogP contribution in [0.2, 0.25) is 0 Å². The summed E-state index contributed by atoms with van der Waals surface area (Å²) in [5.74, 6) is -1.55. The number of aromatic nitrogens is 1. The summed E-state index contributed by atoms with van der Waals surface area (Å²) in [5.41, 5.74) is 1.97. The van der Waals surface area contributed by atoms with Crippen molar-refractivity contribution in [1.29, 1.82) is 0 Å². The van der Waals surface area contributed by atoms with Crippen LogP contribution in [-0.2, 0) is 27.3 Å². The largest absolute Gasteiger partial charge is 0.480 e. The molecule has 8 nitrogen and oxygen atoms in total. The summed E-state index contributed by atoms with van der Waals surface area (Å²) in [6.45, 7) is 4.98. The Labute approximate surface area is 156 Å². The third kappa shape index (κ3) is 4.05. The smallest absolute Gasteiger partial charge is 0.408 e. The van der Waals surface area contributed by atoms with Crippen molar-refractivity contribution in [2.24, 2.45) is 0 Å². The van der Waals surface area contributed by atoms with Gasteiger partial charge in [-0.3, -0.25) is 4.79 Å². The lowest BCUT2D eigenvalue weighted by atomic mass is 9.96. The molecule has 0 saturated heterocycles. The summed E-state index contributed by atoms with van der Waals surface area (Å²) in [4.78, 5) is 40.6. The van der Waals surface area contributed by atoms with E-state index in [0.717, 1.165) is 22.2 Å². The number of aliphatic carboxylic acids is 1. The summed E-state index contributed by atoms with van der Waals surface area (Å²) in [6.07, 6.45) is -0.501. The van der Waals surface area contributed by atoms with E-state index in [9.17, 15) is 19.5 Å². The van der Waals surface area contributed by atoms with Gasteiger partial charge >= 0.3 is 12.1 Å². The molecule has 2 heterocycles. The van der Waals surface area contributed by atoms with Gasteiger partial charge in [0.1, 0.15) is 18.2 Å². The maximum absolute atomic E-state index is 12.6. The zero-order valence-corrected chi connectivity index (χ0v) is 15.5. The van der Waals surface area contributed by atoms with Gasteiger partial charge in [-0.2, -0.15) is 0 Å². The Bertz CT molecular complexity index is 896. The minimum Gasteiger partial charge on any atom is -0.480 e. The summed E-state index contributed by atoms with van der Waals surface area (Å²) in [7, 11) is 0. The molecule has 1 atom stereocenters. The van der Waals surface area contributed by atoms with Crippen LogP contribution in [0.15, 0.2) is 24.3 Å². The van der Waals surface area contributed by atoms with E-state index >= 15 is 0 Å².